The van der Waals surface area contributed by atoms with Crippen molar-refractivity contribution in [3.05, 3.63) is 116 Å². The van der Waals surface area contributed by atoms with Crippen LogP contribution in [0.4, 0.5) is 5.69 Å². The molecule has 200 valence electrons. The smallest absolute Gasteiger partial charge is 0.269 e. The second kappa shape index (κ2) is 11.7. The van der Waals surface area contributed by atoms with Gasteiger partial charge < -0.3 is 9.47 Å². The third kappa shape index (κ3) is 5.85. The number of carbonyl (C=O) groups excluding carboxylic acids is 2. The fourth-order valence-electron chi connectivity index (χ4n) is 5.12. The highest BCUT2D eigenvalue weighted by atomic mass is 16.6. The van der Waals surface area contributed by atoms with Crippen molar-refractivity contribution in [2.75, 3.05) is 14.2 Å². The number of benzene rings is 3. The van der Waals surface area contributed by atoms with Gasteiger partial charge in [0.15, 0.2) is 5.78 Å². The van der Waals surface area contributed by atoms with Crippen LogP contribution in [-0.2, 0) is 9.59 Å². The van der Waals surface area contributed by atoms with Crippen molar-refractivity contribution in [3.63, 3.8) is 0 Å². The molecule has 0 aliphatic heterocycles. The van der Waals surface area contributed by atoms with Crippen molar-refractivity contribution in [1.29, 1.82) is 0 Å². The lowest BCUT2D eigenvalue weighted by atomic mass is 9.64. The number of allylic oxidation sites excluding steroid dienone is 1. The van der Waals surface area contributed by atoms with Crippen LogP contribution in [-0.4, -0.2) is 41.7 Å². The molecule has 3 aromatic rings. The molecule has 4 atom stereocenters. The van der Waals surface area contributed by atoms with E-state index in [0.29, 0.717) is 22.6 Å². The summed E-state index contributed by atoms with van der Waals surface area (Å²) in [5.74, 6) is -3.34. The van der Waals surface area contributed by atoms with Gasteiger partial charge in [0.25, 0.3) is 5.69 Å². The van der Waals surface area contributed by atoms with Gasteiger partial charge >= 0.3 is 0 Å². The number of nitro groups is 2. The van der Waals surface area contributed by atoms with Gasteiger partial charge in [-0.1, -0.05) is 42.5 Å². The number of nitrogens with zero attached hydrogens (tertiary/aromatic N) is 2. The minimum atomic E-state index is -1.39. The fraction of sp³-hybridized carbons (Fsp3) is 0.241. The van der Waals surface area contributed by atoms with Gasteiger partial charge in [-0.2, -0.15) is 0 Å². The summed E-state index contributed by atoms with van der Waals surface area (Å²) in [6.07, 6.45) is 2.53. The Kier molecular flexibility index (Phi) is 8.14. The molecule has 1 saturated carbocycles. The minimum absolute atomic E-state index is 0.189. The summed E-state index contributed by atoms with van der Waals surface area (Å²) in [5.41, 5.74) is 1.12. The number of methoxy groups -OCH3 is 2. The number of rotatable bonds is 9. The Morgan fingerprint density at radius 3 is 2.08 bits per heavy atom. The van der Waals surface area contributed by atoms with E-state index in [1.807, 2.05) is 0 Å². The van der Waals surface area contributed by atoms with Gasteiger partial charge in [0.1, 0.15) is 17.3 Å². The SMILES string of the molecule is COc1ccc(/C=C/C(=O)C2C(=O)C[C@H](c3ccc(OC)cc3)[C@H]([N+](=O)[O-])[C@H]2c2cccc([N+](=O)[O-])c2)cc1. The quantitative estimate of drug-likeness (QED) is 0.163. The van der Waals surface area contributed by atoms with Gasteiger partial charge in [0.05, 0.1) is 36.9 Å². The molecule has 0 N–H and O–H groups in total. The van der Waals surface area contributed by atoms with Gasteiger partial charge in [-0.15, -0.1) is 0 Å². The first-order valence-electron chi connectivity index (χ1n) is 12.1. The van der Waals surface area contributed by atoms with Crippen LogP contribution >= 0.6 is 0 Å². The van der Waals surface area contributed by atoms with Crippen molar-refractivity contribution in [3.8, 4) is 11.5 Å². The summed E-state index contributed by atoms with van der Waals surface area (Å²) in [6.45, 7) is 0. The summed E-state index contributed by atoms with van der Waals surface area (Å²) in [4.78, 5) is 50.0. The molecule has 3 aromatic carbocycles. The summed E-state index contributed by atoms with van der Waals surface area (Å²) in [7, 11) is 3.02. The Morgan fingerprint density at radius 1 is 0.897 bits per heavy atom. The normalized spacial score (nSPS) is 20.9. The van der Waals surface area contributed by atoms with Crippen molar-refractivity contribution in [2.24, 2.45) is 5.92 Å². The topological polar surface area (TPSA) is 139 Å². The highest BCUT2D eigenvalue weighted by molar-refractivity contribution is 6.10. The zero-order valence-corrected chi connectivity index (χ0v) is 21.3. The van der Waals surface area contributed by atoms with Crippen molar-refractivity contribution >= 4 is 23.3 Å². The van der Waals surface area contributed by atoms with E-state index in [2.05, 4.69) is 0 Å². The molecule has 1 unspecified atom stereocenters. The van der Waals surface area contributed by atoms with E-state index in [4.69, 9.17) is 9.47 Å². The molecule has 4 rings (SSSR count). The molecule has 0 heterocycles. The lowest BCUT2D eigenvalue weighted by Crippen LogP contribution is -2.48. The van der Waals surface area contributed by atoms with Gasteiger partial charge in [0, 0.05) is 23.5 Å². The van der Waals surface area contributed by atoms with E-state index < -0.39 is 45.2 Å². The first-order valence-corrected chi connectivity index (χ1v) is 12.1. The Hall–Kier alpha value is -4.86. The van der Waals surface area contributed by atoms with Crippen LogP contribution in [0.5, 0.6) is 11.5 Å². The van der Waals surface area contributed by atoms with Crippen LogP contribution in [0.2, 0.25) is 0 Å². The number of nitro benzene ring substituents is 1. The molecule has 0 spiro atoms. The lowest BCUT2D eigenvalue weighted by molar-refractivity contribution is -0.533. The number of ketones is 2. The highest BCUT2D eigenvalue weighted by Crippen LogP contribution is 2.46. The molecule has 0 amide bonds. The number of hydrogen-bond acceptors (Lipinski definition) is 8. The predicted molar refractivity (Wildman–Crippen MR) is 143 cm³/mol. The van der Waals surface area contributed by atoms with E-state index in [1.165, 1.54) is 50.6 Å². The largest absolute Gasteiger partial charge is 0.497 e. The van der Waals surface area contributed by atoms with E-state index in [-0.39, 0.29) is 17.7 Å². The van der Waals surface area contributed by atoms with Gasteiger partial charge in [-0.05, 0) is 47.0 Å². The lowest BCUT2D eigenvalue weighted by Gasteiger charge is -2.36. The average molecular weight is 531 g/mol. The van der Waals surface area contributed by atoms with Crippen LogP contribution in [0.1, 0.15) is 34.9 Å². The number of non-ortho nitro benzene ring substituents is 1. The summed E-state index contributed by atoms with van der Waals surface area (Å²) in [6, 6.07) is 17.5. The van der Waals surface area contributed by atoms with Gasteiger partial charge in [-0.3, -0.25) is 29.8 Å². The number of ether oxygens (including phenoxy) is 2. The van der Waals surface area contributed by atoms with Crippen LogP contribution in [0.15, 0.2) is 78.9 Å². The van der Waals surface area contributed by atoms with Crippen LogP contribution < -0.4 is 9.47 Å². The van der Waals surface area contributed by atoms with Crippen LogP contribution in [0, 0.1) is 26.1 Å². The first kappa shape index (κ1) is 27.2. The van der Waals surface area contributed by atoms with Crippen LogP contribution in [0.3, 0.4) is 0 Å². The van der Waals surface area contributed by atoms with Crippen molar-refractivity contribution in [2.45, 2.75) is 24.3 Å². The molecule has 0 bridgehead atoms. The summed E-state index contributed by atoms with van der Waals surface area (Å²) >= 11 is 0. The molecule has 1 aliphatic carbocycles. The first-order chi connectivity index (χ1) is 18.7. The molecular weight excluding hydrogens is 504 g/mol. The summed E-state index contributed by atoms with van der Waals surface area (Å²) in [5, 5.41) is 24.1. The number of carbonyl (C=O) groups is 2. The van der Waals surface area contributed by atoms with E-state index >= 15 is 0 Å². The molecular formula is C29H26N2O8. The second-order valence-electron chi connectivity index (χ2n) is 9.19. The number of hydrogen-bond donors (Lipinski definition) is 0. The maximum absolute atomic E-state index is 13.6. The highest BCUT2D eigenvalue weighted by Gasteiger charge is 2.54. The standard InChI is InChI=1S/C29H26N2O8/c1-38-22-11-6-18(7-12-22)8-15-25(32)28-26(33)17-24(19-9-13-23(39-2)14-10-19)29(31(36)37)27(28)20-4-3-5-21(16-20)30(34)35/h3-16,24,27-29H,17H2,1-2H3/b15-8+/t24-,27+,28?,29+/m1/s1. The van der Waals surface area contributed by atoms with Crippen molar-refractivity contribution in [1.82, 2.24) is 0 Å². The van der Waals surface area contributed by atoms with Gasteiger partial charge in [0.2, 0.25) is 6.04 Å². The maximum atomic E-state index is 13.6. The zero-order valence-electron chi connectivity index (χ0n) is 21.3. The Balaban J connectivity index is 1.79. The average Bonchev–Trinajstić information content (AvgIpc) is 2.95. The van der Waals surface area contributed by atoms with Crippen LogP contribution in [0.25, 0.3) is 6.08 Å². The predicted octanol–water partition coefficient (Wildman–Crippen LogP) is 5.00. The third-order valence-electron chi connectivity index (χ3n) is 7.02. The van der Waals surface area contributed by atoms with E-state index in [9.17, 15) is 29.8 Å². The monoisotopic (exact) mass is 530 g/mol. The third-order valence-corrected chi connectivity index (χ3v) is 7.02. The van der Waals surface area contributed by atoms with E-state index in [0.717, 1.165) is 0 Å². The molecule has 0 radical (unpaired) electrons. The fourth-order valence-corrected chi connectivity index (χ4v) is 5.12. The Labute approximate surface area is 224 Å². The second-order valence-corrected chi connectivity index (χ2v) is 9.19. The minimum Gasteiger partial charge on any atom is -0.497 e. The molecule has 0 aromatic heterocycles. The summed E-state index contributed by atoms with van der Waals surface area (Å²) < 4.78 is 10.3. The Morgan fingerprint density at radius 2 is 1.51 bits per heavy atom. The Bertz CT molecular complexity index is 1420. The molecule has 1 aliphatic rings. The molecule has 0 saturated heterocycles. The molecule has 39 heavy (non-hydrogen) atoms. The zero-order chi connectivity index (χ0) is 28.1. The molecule has 1 fully saturated rings. The molecule has 10 nitrogen and oxygen atoms in total. The van der Waals surface area contributed by atoms with Crippen molar-refractivity contribution < 1.29 is 28.9 Å². The van der Waals surface area contributed by atoms with Gasteiger partial charge in [-0.25, -0.2) is 0 Å². The number of Topliss-reactive ketones (excluding diaryl/α,β-unsaturated/α-hetero) is 1. The maximum Gasteiger partial charge on any atom is 0.269 e. The van der Waals surface area contributed by atoms with E-state index in [1.54, 1.807) is 48.5 Å². The molecule has 10 heteroatoms.